The van der Waals surface area contributed by atoms with Crippen LogP contribution in [0.2, 0.25) is 0 Å². The molecule has 5 heteroatoms. The molecule has 4 nitrogen and oxygen atoms in total. The molecule has 0 spiro atoms. The van der Waals surface area contributed by atoms with Crippen molar-refractivity contribution in [1.82, 2.24) is 9.80 Å². The summed E-state index contributed by atoms with van der Waals surface area (Å²) in [4.78, 5) is 17.8. The van der Waals surface area contributed by atoms with Crippen LogP contribution in [-0.2, 0) is 4.79 Å². The Bertz CT molecular complexity index is 524. The maximum Gasteiger partial charge on any atom is 0.229 e. The lowest BCUT2D eigenvalue weighted by molar-refractivity contribution is -0.173. The van der Waals surface area contributed by atoms with E-state index < -0.39 is 11.1 Å². The van der Waals surface area contributed by atoms with E-state index in [1.807, 2.05) is 11.8 Å². The van der Waals surface area contributed by atoms with Gasteiger partial charge >= 0.3 is 0 Å². The normalized spacial score (nSPS) is 45.0. The minimum atomic E-state index is -1.07. The molecule has 4 bridgehead atoms. The summed E-state index contributed by atoms with van der Waals surface area (Å²) in [6.07, 6.45) is 5.46. The van der Waals surface area contributed by atoms with Crippen LogP contribution in [0.25, 0.3) is 0 Å². The predicted molar refractivity (Wildman–Crippen MR) is 94.9 cm³/mol. The average Bonchev–Trinajstić information content (AvgIpc) is 2.51. The van der Waals surface area contributed by atoms with Gasteiger partial charge in [-0.05, 0) is 63.7 Å². The third-order valence-electron chi connectivity index (χ3n) is 7.31. The van der Waals surface area contributed by atoms with Crippen molar-refractivity contribution in [3.8, 4) is 0 Å². The van der Waals surface area contributed by atoms with Gasteiger partial charge < -0.3 is 10.0 Å². The van der Waals surface area contributed by atoms with Gasteiger partial charge in [-0.25, -0.2) is 4.39 Å². The Morgan fingerprint density at radius 2 is 1.92 bits per heavy atom. The number of carbonyl (C=O) groups is 1. The first-order valence-electron chi connectivity index (χ1n) is 10.2. The monoisotopic (exact) mass is 352 g/mol. The smallest absolute Gasteiger partial charge is 0.229 e. The zero-order valence-electron chi connectivity index (χ0n) is 15.7. The third-order valence-corrected chi connectivity index (χ3v) is 7.31. The first-order chi connectivity index (χ1) is 11.8. The maximum atomic E-state index is 15.2. The second kappa shape index (κ2) is 6.19. The number of piperazine rings is 1. The summed E-state index contributed by atoms with van der Waals surface area (Å²) in [5.74, 6) is 1.08. The van der Waals surface area contributed by atoms with Crippen LogP contribution in [0.4, 0.5) is 4.39 Å². The Labute approximate surface area is 150 Å². The molecule has 0 unspecified atom stereocenters. The van der Waals surface area contributed by atoms with E-state index in [0.717, 1.165) is 45.3 Å². The zero-order chi connectivity index (χ0) is 17.8. The fourth-order valence-electron chi connectivity index (χ4n) is 6.78. The molecule has 5 rings (SSSR count). The number of hydrogen-bond acceptors (Lipinski definition) is 3. The molecule has 4 atom stereocenters. The molecule has 0 aromatic heterocycles. The fraction of sp³-hybridized carbons (Fsp3) is 0.950. The van der Waals surface area contributed by atoms with Gasteiger partial charge in [0.2, 0.25) is 5.91 Å². The van der Waals surface area contributed by atoms with Crippen molar-refractivity contribution in [1.29, 1.82) is 0 Å². The Morgan fingerprint density at radius 1 is 1.24 bits per heavy atom. The van der Waals surface area contributed by atoms with E-state index in [0.29, 0.717) is 43.7 Å². The third kappa shape index (κ3) is 3.12. The number of rotatable bonds is 4. The van der Waals surface area contributed by atoms with Gasteiger partial charge in [0.25, 0.3) is 0 Å². The van der Waals surface area contributed by atoms with Crippen LogP contribution in [0.15, 0.2) is 0 Å². The zero-order valence-corrected chi connectivity index (χ0v) is 15.7. The van der Waals surface area contributed by atoms with E-state index in [9.17, 15) is 9.90 Å². The molecular formula is C20H33FN2O2. The van der Waals surface area contributed by atoms with E-state index in [1.165, 1.54) is 0 Å². The number of hydrogen-bond donors (Lipinski definition) is 1. The molecule has 0 aromatic carbocycles. The number of aliphatic hydroxyl groups excluding tert-OH is 1. The molecular weight excluding hydrogens is 319 g/mol. The van der Waals surface area contributed by atoms with Crippen molar-refractivity contribution in [2.45, 2.75) is 76.6 Å². The molecule has 1 heterocycles. The van der Waals surface area contributed by atoms with E-state index in [1.54, 1.807) is 0 Å². The summed E-state index contributed by atoms with van der Waals surface area (Å²) in [5, 5.41) is 9.71. The van der Waals surface area contributed by atoms with Crippen LogP contribution >= 0.6 is 0 Å². The SMILES string of the molecule is CC[C@@H]1CN(C(=O)C23C[C@H]4C[C@@H](CC(F)(C4)C2)C3)CCN1C[C@@H](C)O. The number of aliphatic hydroxyl groups is 1. The van der Waals surface area contributed by atoms with Crippen LogP contribution in [0.1, 0.15) is 58.8 Å². The summed E-state index contributed by atoms with van der Waals surface area (Å²) in [5.41, 5.74) is -1.48. The minimum Gasteiger partial charge on any atom is -0.392 e. The van der Waals surface area contributed by atoms with Crippen molar-refractivity contribution in [3.63, 3.8) is 0 Å². The first-order valence-corrected chi connectivity index (χ1v) is 10.2. The summed E-state index contributed by atoms with van der Waals surface area (Å²) in [7, 11) is 0. The maximum absolute atomic E-state index is 15.2. The minimum absolute atomic E-state index is 0.235. The first kappa shape index (κ1) is 17.7. The van der Waals surface area contributed by atoms with E-state index in [-0.39, 0.29) is 12.0 Å². The van der Waals surface area contributed by atoms with Crippen molar-refractivity contribution in [2.24, 2.45) is 17.3 Å². The number of β-amino-alcohol motifs (C(OH)–C–C–N with tert-alkyl or cyclic N) is 1. The fourth-order valence-corrected chi connectivity index (χ4v) is 6.78. The second-order valence-electron chi connectivity index (χ2n) is 9.55. The molecule has 0 radical (unpaired) electrons. The molecule has 1 amide bonds. The van der Waals surface area contributed by atoms with Gasteiger partial charge in [-0.3, -0.25) is 9.69 Å². The van der Waals surface area contributed by atoms with Crippen LogP contribution in [-0.4, -0.2) is 64.8 Å². The predicted octanol–water partition coefficient (Wildman–Crippen LogP) is 2.60. The molecule has 1 saturated heterocycles. The largest absolute Gasteiger partial charge is 0.392 e. The molecule has 1 N–H and O–H groups in total. The van der Waals surface area contributed by atoms with Crippen LogP contribution in [0.3, 0.4) is 0 Å². The lowest BCUT2D eigenvalue weighted by Gasteiger charge is -2.59. The van der Waals surface area contributed by atoms with Crippen LogP contribution < -0.4 is 0 Å². The van der Waals surface area contributed by atoms with E-state index >= 15 is 4.39 Å². The Morgan fingerprint density at radius 3 is 2.48 bits per heavy atom. The molecule has 1 aliphatic heterocycles. The molecule has 142 valence electrons. The molecule has 0 aromatic rings. The number of carbonyl (C=O) groups excluding carboxylic acids is 1. The van der Waals surface area contributed by atoms with Crippen LogP contribution in [0.5, 0.6) is 0 Å². The van der Waals surface area contributed by atoms with Crippen molar-refractivity contribution < 1.29 is 14.3 Å². The van der Waals surface area contributed by atoms with Gasteiger partial charge in [0.15, 0.2) is 0 Å². The highest BCUT2D eigenvalue weighted by Crippen LogP contribution is 2.63. The Balaban J connectivity index is 1.48. The molecule has 4 aliphatic carbocycles. The van der Waals surface area contributed by atoms with Gasteiger partial charge in [0, 0.05) is 32.2 Å². The topological polar surface area (TPSA) is 43.8 Å². The number of alkyl halides is 1. The summed E-state index contributed by atoms with van der Waals surface area (Å²) >= 11 is 0. The number of amides is 1. The molecule has 5 aliphatic rings. The van der Waals surface area contributed by atoms with E-state index in [4.69, 9.17) is 0 Å². The average molecular weight is 352 g/mol. The molecule has 4 saturated carbocycles. The Kier molecular flexibility index (Phi) is 4.39. The number of nitrogens with zero attached hydrogens (tertiary/aromatic N) is 2. The van der Waals surface area contributed by atoms with Gasteiger partial charge in [0.05, 0.1) is 11.5 Å². The highest BCUT2D eigenvalue weighted by molar-refractivity contribution is 5.83. The molecule has 25 heavy (non-hydrogen) atoms. The van der Waals surface area contributed by atoms with Crippen molar-refractivity contribution in [2.75, 3.05) is 26.2 Å². The quantitative estimate of drug-likeness (QED) is 0.846. The van der Waals surface area contributed by atoms with Gasteiger partial charge in [-0.1, -0.05) is 6.92 Å². The van der Waals surface area contributed by atoms with Crippen LogP contribution in [0, 0.1) is 17.3 Å². The number of halogens is 1. The van der Waals surface area contributed by atoms with E-state index in [2.05, 4.69) is 11.8 Å². The summed E-state index contributed by atoms with van der Waals surface area (Å²) in [6, 6.07) is 0.306. The Hall–Kier alpha value is -0.680. The standard InChI is InChI=1S/C20H33FN2O2/c1-3-17-12-23(5-4-22(17)11-14(2)24)18(25)19-7-15-6-16(8-19)10-20(21,9-15)13-19/h14-17,24H,3-13H2,1-2H3/t14-,15-,16-,17-,19?,20?/m1/s1. The highest BCUT2D eigenvalue weighted by Gasteiger charge is 2.62. The van der Waals surface area contributed by atoms with Gasteiger partial charge in [-0.2, -0.15) is 0 Å². The lowest BCUT2D eigenvalue weighted by atomic mass is 9.48. The van der Waals surface area contributed by atoms with Gasteiger partial charge in [0.1, 0.15) is 5.67 Å². The lowest BCUT2D eigenvalue weighted by Crippen LogP contribution is -2.63. The van der Waals surface area contributed by atoms with Gasteiger partial charge in [-0.15, -0.1) is 0 Å². The summed E-state index contributed by atoms with van der Waals surface area (Å²) in [6.45, 7) is 6.91. The van der Waals surface area contributed by atoms with Crippen molar-refractivity contribution in [3.05, 3.63) is 0 Å². The summed E-state index contributed by atoms with van der Waals surface area (Å²) < 4.78 is 15.2. The molecule has 5 fully saturated rings. The van der Waals surface area contributed by atoms with Crippen molar-refractivity contribution >= 4 is 5.91 Å². The second-order valence-corrected chi connectivity index (χ2v) is 9.55. The highest BCUT2D eigenvalue weighted by atomic mass is 19.1.